The standard InChI is InChI=1S/C19H28N2O3/c1-13-10-15(18(23)24-12-14-8-6-5-7-9-14)21(11-13)17(22)16(20)19(2,3)4/h5-9,13,15-16H,10-12,20H2,1-4H3/t13-,15-,16+/m0/s1. The van der Waals surface area contributed by atoms with Crippen LogP contribution in [0.5, 0.6) is 0 Å². The van der Waals surface area contributed by atoms with E-state index >= 15 is 0 Å². The average molecular weight is 332 g/mol. The second-order valence-electron chi connectivity index (χ2n) is 7.78. The van der Waals surface area contributed by atoms with Gasteiger partial charge in [-0.3, -0.25) is 4.79 Å². The van der Waals surface area contributed by atoms with Gasteiger partial charge in [0.25, 0.3) is 0 Å². The fourth-order valence-corrected chi connectivity index (χ4v) is 2.89. The summed E-state index contributed by atoms with van der Waals surface area (Å²) < 4.78 is 5.43. The summed E-state index contributed by atoms with van der Waals surface area (Å²) in [6.07, 6.45) is 0.621. The van der Waals surface area contributed by atoms with Gasteiger partial charge in [-0.15, -0.1) is 0 Å². The van der Waals surface area contributed by atoms with Crippen molar-refractivity contribution in [2.75, 3.05) is 6.54 Å². The highest BCUT2D eigenvalue weighted by Gasteiger charge is 2.42. The largest absolute Gasteiger partial charge is 0.459 e. The highest BCUT2D eigenvalue weighted by Crippen LogP contribution is 2.28. The summed E-state index contributed by atoms with van der Waals surface area (Å²) in [5.74, 6) is -0.262. The van der Waals surface area contributed by atoms with Crippen LogP contribution in [-0.4, -0.2) is 35.4 Å². The first-order chi connectivity index (χ1) is 11.2. The van der Waals surface area contributed by atoms with Gasteiger partial charge in [0.15, 0.2) is 0 Å². The van der Waals surface area contributed by atoms with Crippen molar-refractivity contribution in [3.05, 3.63) is 35.9 Å². The van der Waals surface area contributed by atoms with Crippen LogP contribution in [0.4, 0.5) is 0 Å². The van der Waals surface area contributed by atoms with E-state index in [0.717, 1.165) is 5.56 Å². The number of esters is 1. The van der Waals surface area contributed by atoms with Crippen molar-refractivity contribution in [1.82, 2.24) is 4.90 Å². The molecule has 1 aromatic rings. The van der Waals surface area contributed by atoms with Crippen molar-refractivity contribution >= 4 is 11.9 Å². The third-order valence-corrected chi connectivity index (χ3v) is 4.49. The zero-order valence-corrected chi connectivity index (χ0v) is 15.0. The maximum atomic E-state index is 12.7. The molecule has 1 saturated heterocycles. The molecule has 24 heavy (non-hydrogen) atoms. The topological polar surface area (TPSA) is 72.6 Å². The zero-order chi connectivity index (χ0) is 17.9. The first-order valence-electron chi connectivity index (χ1n) is 8.46. The van der Waals surface area contributed by atoms with E-state index in [1.807, 2.05) is 58.0 Å². The molecule has 0 aromatic heterocycles. The van der Waals surface area contributed by atoms with Gasteiger partial charge in [-0.1, -0.05) is 58.0 Å². The molecule has 2 rings (SSSR count). The summed E-state index contributed by atoms with van der Waals surface area (Å²) in [7, 11) is 0. The molecular formula is C19H28N2O3. The molecule has 3 atom stereocenters. The number of nitrogens with zero attached hydrogens (tertiary/aromatic N) is 1. The lowest BCUT2D eigenvalue weighted by Crippen LogP contribution is -2.53. The summed E-state index contributed by atoms with van der Waals surface area (Å²) in [4.78, 5) is 26.8. The van der Waals surface area contributed by atoms with Gasteiger partial charge < -0.3 is 15.4 Å². The Balaban J connectivity index is 2.04. The van der Waals surface area contributed by atoms with Crippen molar-refractivity contribution in [1.29, 1.82) is 0 Å². The number of carbonyl (C=O) groups is 2. The maximum Gasteiger partial charge on any atom is 0.329 e. The number of carbonyl (C=O) groups excluding carboxylic acids is 2. The first-order valence-corrected chi connectivity index (χ1v) is 8.46. The molecule has 0 radical (unpaired) electrons. The minimum Gasteiger partial charge on any atom is -0.459 e. The lowest BCUT2D eigenvalue weighted by molar-refractivity contribution is -0.155. The molecule has 0 saturated carbocycles. The van der Waals surface area contributed by atoms with Crippen LogP contribution in [0.25, 0.3) is 0 Å². The van der Waals surface area contributed by atoms with Crippen molar-refractivity contribution in [3.8, 4) is 0 Å². The molecule has 5 nitrogen and oxygen atoms in total. The summed E-state index contributed by atoms with van der Waals surface area (Å²) >= 11 is 0. The van der Waals surface area contributed by atoms with Gasteiger partial charge in [0.1, 0.15) is 12.6 Å². The lowest BCUT2D eigenvalue weighted by Gasteiger charge is -2.32. The average Bonchev–Trinajstić information content (AvgIpc) is 2.93. The quantitative estimate of drug-likeness (QED) is 0.859. The van der Waals surface area contributed by atoms with Crippen LogP contribution in [0.15, 0.2) is 30.3 Å². The van der Waals surface area contributed by atoms with Gasteiger partial charge in [0.2, 0.25) is 5.91 Å². The van der Waals surface area contributed by atoms with E-state index in [-0.39, 0.29) is 29.8 Å². The Labute approximate surface area is 144 Å². The molecule has 2 N–H and O–H groups in total. The number of amides is 1. The van der Waals surface area contributed by atoms with E-state index in [1.54, 1.807) is 4.90 Å². The third kappa shape index (κ3) is 4.35. The highest BCUT2D eigenvalue weighted by atomic mass is 16.5. The monoisotopic (exact) mass is 332 g/mol. The number of likely N-dealkylation sites (tertiary alicyclic amines) is 1. The van der Waals surface area contributed by atoms with E-state index in [2.05, 4.69) is 0 Å². The second kappa shape index (κ2) is 7.34. The van der Waals surface area contributed by atoms with Gasteiger partial charge in [0.05, 0.1) is 6.04 Å². The molecule has 1 amide bonds. The Morgan fingerprint density at radius 1 is 1.29 bits per heavy atom. The third-order valence-electron chi connectivity index (χ3n) is 4.49. The Hall–Kier alpha value is -1.88. The number of hydrogen-bond acceptors (Lipinski definition) is 4. The van der Waals surface area contributed by atoms with Crippen molar-refractivity contribution in [3.63, 3.8) is 0 Å². The fourth-order valence-electron chi connectivity index (χ4n) is 2.89. The molecule has 1 fully saturated rings. The van der Waals surface area contributed by atoms with Gasteiger partial charge in [0, 0.05) is 6.54 Å². The molecule has 132 valence electrons. The molecule has 1 aromatic carbocycles. The Morgan fingerprint density at radius 2 is 1.92 bits per heavy atom. The molecular weight excluding hydrogens is 304 g/mol. The summed E-state index contributed by atoms with van der Waals surface area (Å²) in [6.45, 7) is 8.59. The molecule has 0 aliphatic carbocycles. The van der Waals surface area contributed by atoms with Crippen LogP contribution in [0, 0.1) is 11.3 Å². The van der Waals surface area contributed by atoms with Gasteiger partial charge >= 0.3 is 5.97 Å². The Bertz CT molecular complexity index is 580. The fraction of sp³-hybridized carbons (Fsp3) is 0.579. The van der Waals surface area contributed by atoms with Gasteiger partial charge in [-0.05, 0) is 23.3 Å². The molecule has 1 aliphatic heterocycles. The minimum absolute atomic E-state index is 0.173. The van der Waals surface area contributed by atoms with Crippen LogP contribution >= 0.6 is 0 Å². The Morgan fingerprint density at radius 3 is 2.50 bits per heavy atom. The second-order valence-corrected chi connectivity index (χ2v) is 7.78. The van der Waals surface area contributed by atoms with Gasteiger partial charge in [-0.2, -0.15) is 0 Å². The molecule has 0 bridgehead atoms. The maximum absolute atomic E-state index is 12.7. The van der Waals surface area contributed by atoms with E-state index in [0.29, 0.717) is 13.0 Å². The molecule has 0 unspecified atom stereocenters. The van der Waals surface area contributed by atoms with E-state index in [1.165, 1.54) is 0 Å². The molecule has 1 aliphatic rings. The highest BCUT2D eigenvalue weighted by molar-refractivity contribution is 5.88. The van der Waals surface area contributed by atoms with E-state index < -0.39 is 12.1 Å². The van der Waals surface area contributed by atoms with Gasteiger partial charge in [-0.25, -0.2) is 4.79 Å². The van der Waals surface area contributed by atoms with Crippen LogP contribution in [0.3, 0.4) is 0 Å². The SMILES string of the molecule is C[C@H]1C[C@@H](C(=O)OCc2ccccc2)N(C(=O)[C@@H](N)C(C)(C)C)C1. The number of benzene rings is 1. The van der Waals surface area contributed by atoms with Crippen molar-refractivity contribution < 1.29 is 14.3 Å². The van der Waals surface area contributed by atoms with E-state index in [4.69, 9.17) is 10.5 Å². The molecule has 0 spiro atoms. The number of rotatable bonds is 4. The molecule has 5 heteroatoms. The number of hydrogen-bond donors (Lipinski definition) is 1. The summed E-state index contributed by atoms with van der Waals surface area (Å²) in [5, 5.41) is 0. The zero-order valence-electron chi connectivity index (χ0n) is 15.0. The lowest BCUT2D eigenvalue weighted by atomic mass is 9.86. The number of nitrogens with two attached hydrogens (primary N) is 1. The molecule has 1 heterocycles. The summed E-state index contributed by atoms with van der Waals surface area (Å²) in [5.41, 5.74) is 6.69. The van der Waals surface area contributed by atoms with Crippen LogP contribution < -0.4 is 5.73 Å². The van der Waals surface area contributed by atoms with Crippen LogP contribution in [0.1, 0.15) is 39.7 Å². The summed E-state index contributed by atoms with van der Waals surface area (Å²) in [6, 6.07) is 8.36. The predicted molar refractivity (Wildman–Crippen MR) is 93.0 cm³/mol. The predicted octanol–water partition coefficient (Wildman–Crippen LogP) is 2.34. The van der Waals surface area contributed by atoms with Crippen LogP contribution in [0.2, 0.25) is 0 Å². The normalized spacial score (nSPS) is 22.3. The van der Waals surface area contributed by atoms with Crippen LogP contribution in [-0.2, 0) is 20.9 Å². The minimum atomic E-state index is -0.632. The van der Waals surface area contributed by atoms with Crippen molar-refractivity contribution in [2.24, 2.45) is 17.1 Å². The number of ether oxygens (including phenoxy) is 1. The Kier molecular flexibility index (Phi) is 5.65. The smallest absolute Gasteiger partial charge is 0.329 e. The van der Waals surface area contributed by atoms with E-state index in [9.17, 15) is 9.59 Å². The first kappa shape index (κ1) is 18.5. The van der Waals surface area contributed by atoms with Crippen molar-refractivity contribution in [2.45, 2.75) is 52.8 Å².